The molecule has 34 heavy (non-hydrogen) atoms. The van der Waals surface area contributed by atoms with E-state index in [1.54, 1.807) is 24.3 Å². The maximum Gasteiger partial charge on any atom is 0.126 e. The molecule has 0 saturated heterocycles. The minimum atomic E-state index is -0.285. The Morgan fingerprint density at radius 1 is 0.529 bits per heavy atom. The summed E-state index contributed by atoms with van der Waals surface area (Å²) in [5, 5.41) is 58.2. The normalized spacial score (nSPS) is 13.1. The van der Waals surface area contributed by atoms with Gasteiger partial charge in [-0.2, -0.15) is 0 Å². The fourth-order valence-corrected chi connectivity index (χ4v) is 4.38. The molecule has 0 aromatic heterocycles. The Labute approximate surface area is 200 Å². The molecule has 2 unspecified atom stereocenters. The summed E-state index contributed by atoms with van der Waals surface area (Å²) in [7, 11) is 0. The van der Waals surface area contributed by atoms with Gasteiger partial charge < -0.3 is 30.6 Å². The van der Waals surface area contributed by atoms with Crippen LogP contribution in [-0.2, 0) is 39.3 Å². The number of hydrogen-bond donors (Lipinski definition) is 6. The molecular formula is C28H34O6. The predicted octanol–water partition coefficient (Wildman–Crippen LogP) is 3.76. The molecule has 3 aromatic carbocycles. The zero-order valence-electron chi connectivity index (χ0n) is 19.7. The summed E-state index contributed by atoms with van der Waals surface area (Å²) in [6.07, 6.45) is 1.54. The minimum Gasteiger partial charge on any atom is -0.507 e. The Morgan fingerprint density at radius 3 is 1.03 bits per heavy atom. The molecule has 0 amide bonds. The first-order valence-electron chi connectivity index (χ1n) is 11.5. The van der Waals surface area contributed by atoms with Gasteiger partial charge in [0.1, 0.15) is 11.5 Å². The van der Waals surface area contributed by atoms with Gasteiger partial charge in [-0.15, -0.1) is 0 Å². The molecule has 0 radical (unpaired) electrons. The molecule has 182 valence electrons. The summed E-state index contributed by atoms with van der Waals surface area (Å²) >= 11 is 0. The molecule has 0 saturated carbocycles. The Bertz CT molecular complexity index is 968. The highest BCUT2D eigenvalue weighted by molar-refractivity contribution is 5.45. The number of phenols is 2. The molecule has 0 heterocycles. The van der Waals surface area contributed by atoms with Crippen molar-refractivity contribution in [3.63, 3.8) is 0 Å². The van der Waals surface area contributed by atoms with Crippen molar-refractivity contribution in [3.05, 3.63) is 93.0 Å². The first kappa shape index (κ1) is 25.7. The van der Waals surface area contributed by atoms with Gasteiger partial charge in [0.25, 0.3) is 0 Å². The third kappa shape index (κ3) is 5.77. The topological polar surface area (TPSA) is 121 Å². The van der Waals surface area contributed by atoms with Crippen molar-refractivity contribution < 1.29 is 30.6 Å². The van der Waals surface area contributed by atoms with Crippen molar-refractivity contribution in [3.8, 4) is 11.5 Å². The Kier molecular flexibility index (Phi) is 8.69. The number of aliphatic hydroxyl groups excluding tert-OH is 4. The van der Waals surface area contributed by atoms with Gasteiger partial charge in [0.2, 0.25) is 0 Å². The van der Waals surface area contributed by atoms with E-state index in [1.165, 1.54) is 0 Å². The van der Waals surface area contributed by atoms with Crippen LogP contribution in [0, 0.1) is 0 Å². The monoisotopic (exact) mass is 466 g/mol. The van der Waals surface area contributed by atoms with Crippen LogP contribution in [0.3, 0.4) is 0 Å². The van der Waals surface area contributed by atoms with Gasteiger partial charge in [0, 0.05) is 22.3 Å². The third-order valence-corrected chi connectivity index (χ3v) is 6.51. The van der Waals surface area contributed by atoms with E-state index in [1.807, 2.05) is 0 Å². The van der Waals surface area contributed by atoms with Gasteiger partial charge in [0.05, 0.1) is 26.4 Å². The molecule has 0 aliphatic carbocycles. The fraction of sp³-hybridized carbons (Fsp3) is 0.357. The van der Waals surface area contributed by atoms with Crippen molar-refractivity contribution in [1.29, 1.82) is 0 Å². The average Bonchev–Trinajstić information content (AvgIpc) is 2.85. The lowest BCUT2D eigenvalue weighted by atomic mass is 9.88. The van der Waals surface area contributed by atoms with Crippen LogP contribution in [0.25, 0.3) is 0 Å². The van der Waals surface area contributed by atoms with Gasteiger partial charge in [-0.05, 0) is 71.2 Å². The van der Waals surface area contributed by atoms with E-state index in [0.717, 1.165) is 35.1 Å². The summed E-state index contributed by atoms with van der Waals surface area (Å²) in [5.41, 5.74) is 5.89. The van der Waals surface area contributed by atoms with Crippen LogP contribution in [0.5, 0.6) is 11.5 Å². The van der Waals surface area contributed by atoms with E-state index in [0.29, 0.717) is 22.3 Å². The van der Waals surface area contributed by atoms with E-state index < -0.39 is 0 Å². The molecular weight excluding hydrogens is 432 g/mol. The van der Waals surface area contributed by atoms with Gasteiger partial charge in [0.15, 0.2) is 0 Å². The second-order valence-corrected chi connectivity index (χ2v) is 9.03. The first-order valence-corrected chi connectivity index (χ1v) is 11.5. The minimum absolute atomic E-state index is 0.0507. The summed E-state index contributed by atoms with van der Waals surface area (Å²) in [6.45, 7) is 3.01. The van der Waals surface area contributed by atoms with E-state index in [2.05, 4.69) is 38.1 Å². The second kappa shape index (κ2) is 11.5. The van der Waals surface area contributed by atoms with Crippen LogP contribution >= 0.6 is 0 Å². The summed E-state index contributed by atoms with van der Waals surface area (Å²) in [5.74, 6) is 0.161. The first-order chi connectivity index (χ1) is 16.3. The van der Waals surface area contributed by atoms with E-state index in [9.17, 15) is 30.6 Å². The molecule has 6 N–H and O–H groups in total. The number of hydrogen-bond acceptors (Lipinski definition) is 6. The van der Waals surface area contributed by atoms with Crippen molar-refractivity contribution in [1.82, 2.24) is 0 Å². The van der Waals surface area contributed by atoms with Crippen LogP contribution < -0.4 is 0 Å². The maximum absolute atomic E-state index is 10.1. The van der Waals surface area contributed by atoms with Gasteiger partial charge in [-0.3, -0.25) is 0 Å². The quantitative estimate of drug-likeness (QED) is 0.271. The van der Waals surface area contributed by atoms with Gasteiger partial charge in [-0.25, -0.2) is 0 Å². The van der Waals surface area contributed by atoms with E-state index >= 15 is 0 Å². The lowest BCUT2D eigenvalue weighted by Gasteiger charge is -2.18. The zero-order chi connectivity index (χ0) is 24.8. The second-order valence-electron chi connectivity index (χ2n) is 9.03. The highest BCUT2D eigenvalue weighted by atomic mass is 16.3. The summed E-state index contributed by atoms with van der Waals surface area (Å²) in [6, 6.07) is 15.5. The number of aliphatic hydroxyl groups is 4. The molecule has 2 atom stereocenters. The van der Waals surface area contributed by atoms with Crippen LogP contribution in [0.2, 0.25) is 0 Å². The highest BCUT2D eigenvalue weighted by Gasteiger charge is 2.16. The SMILES string of the molecule is CC(Cc1ccc(CC(C)c2cc(CO)c(O)c(CO)c2)cc1)c1cc(CO)c(O)c(CO)c1. The molecule has 0 aliphatic heterocycles. The number of rotatable bonds is 10. The van der Waals surface area contributed by atoms with Crippen LogP contribution in [0.15, 0.2) is 48.5 Å². The van der Waals surface area contributed by atoms with E-state index in [-0.39, 0.29) is 49.8 Å². The zero-order valence-corrected chi connectivity index (χ0v) is 19.7. The third-order valence-electron chi connectivity index (χ3n) is 6.51. The Morgan fingerprint density at radius 2 is 0.794 bits per heavy atom. The van der Waals surface area contributed by atoms with Crippen molar-refractivity contribution in [2.45, 2.75) is 65.0 Å². The van der Waals surface area contributed by atoms with Gasteiger partial charge >= 0.3 is 0 Å². The lowest BCUT2D eigenvalue weighted by molar-refractivity contribution is 0.262. The molecule has 3 aromatic rings. The standard InChI is InChI=1S/C28H34O6/c1-17(21-9-23(13-29)27(33)24(10-21)14-30)7-19-3-5-20(6-4-19)8-18(2)22-11-25(15-31)28(34)26(12-22)16-32/h3-6,9-12,17-18,29-34H,7-8,13-16H2,1-2H3. The summed E-state index contributed by atoms with van der Waals surface area (Å²) < 4.78 is 0. The molecule has 6 heteroatoms. The summed E-state index contributed by atoms with van der Waals surface area (Å²) in [4.78, 5) is 0. The fourth-order valence-electron chi connectivity index (χ4n) is 4.38. The van der Waals surface area contributed by atoms with Gasteiger partial charge in [-0.1, -0.05) is 38.1 Å². The van der Waals surface area contributed by atoms with Crippen LogP contribution in [-0.4, -0.2) is 30.6 Å². The lowest BCUT2D eigenvalue weighted by Crippen LogP contribution is -2.04. The average molecular weight is 467 g/mol. The predicted molar refractivity (Wildman–Crippen MR) is 131 cm³/mol. The van der Waals surface area contributed by atoms with Crippen molar-refractivity contribution in [2.24, 2.45) is 0 Å². The highest BCUT2D eigenvalue weighted by Crippen LogP contribution is 2.32. The molecule has 0 fully saturated rings. The smallest absolute Gasteiger partial charge is 0.126 e. The Hall–Kier alpha value is -2.90. The van der Waals surface area contributed by atoms with E-state index in [4.69, 9.17) is 0 Å². The molecule has 0 aliphatic rings. The van der Waals surface area contributed by atoms with Crippen LogP contribution in [0.4, 0.5) is 0 Å². The molecule has 3 rings (SSSR count). The molecule has 6 nitrogen and oxygen atoms in total. The van der Waals surface area contributed by atoms with Crippen molar-refractivity contribution in [2.75, 3.05) is 0 Å². The van der Waals surface area contributed by atoms with Crippen molar-refractivity contribution >= 4 is 0 Å². The van der Waals surface area contributed by atoms with Crippen LogP contribution in [0.1, 0.15) is 70.2 Å². The molecule has 0 bridgehead atoms. The Balaban J connectivity index is 1.71. The molecule has 0 spiro atoms. The number of aromatic hydroxyl groups is 2. The maximum atomic E-state index is 10.1. The largest absolute Gasteiger partial charge is 0.507 e. The number of benzene rings is 3.